The molecule has 1 aromatic heterocycles. The zero-order chi connectivity index (χ0) is 20.9. The molecule has 0 saturated heterocycles. The molecule has 0 radical (unpaired) electrons. The number of carbonyl (C=O) groups excluding carboxylic acids is 1. The number of nitrogens with two attached hydrogens (primary N) is 1. The van der Waals surface area contributed by atoms with Crippen LogP contribution in [0.3, 0.4) is 0 Å². The van der Waals surface area contributed by atoms with Crippen LogP contribution < -0.4 is 5.73 Å². The molecule has 0 unspecified atom stereocenters. The average molecular weight is 397 g/mol. The molecule has 30 heavy (non-hydrogen) atoms. The van der Waals surface area contributed by atoms with Gasteiger partial charge < -0.3 is 5.73 Å². The first-order chi connectivity index (χ1) is 14.3. The molecule has 3 nitrogen and oxygen atoms in total. The van der Waals surface area contributed by atoms with Gasteiger partial charge >= 0.3 is 0 Å². The van der Waals surface area contributed by atoms with E-state index in [0.717, 1.165) is 52.9 Å². The average Bonchev–Trinajstić information content (AvgIpc) is 2.71. The third kappa shape index (κ3) is 3.27. The van der Waals surface area contributed by atoms with Crippen molar-refractivity contribution in [3.8, 4) is 22.4 Å². The molecule has 2 aliphatic carbocycles. The second-order valence-corrected chi connectivity index (χ2v) is 9.77. The fourth-order valence-electron chi connectivity index (χ4n) is 4.84. The monoisotopic (exact) mass is 396 g/mol. The van der Waals surface area contributed by atoms with Crippen molar-refractivity contribution in [2.75, 3.05) is 0 Å². The lowest BCUT2D eigenvalue weighted by Crippen LogP contribution is -2.43. The smallest absolute Gasteiger partial charge is 0.165 e. The minimum atomic E-state index is -0.166. The first-order valence-electron chi connectivity index (χ1n) is 10.9. The highest BCUT2D eigenvalue weighted by atomic mass is 16.1. The first-order valence-corrected chi connectivity index (χ1v) is 10.9. The number of nitrogens with zero attached hydrogens (tertiary/aromatic N) is 1. The Kier molecular flexibility index (Phi) is 4.41. The van der Waals surface area contributed by atoms with Gasteiger partial charge in [-0.25, -0.2) is 0 Å². The molecule has 0 bridgehead atoms. The van der Waals surface area contributed by atoms with Gasteiger partial charge in [-0.1, -0.05) is 68.4 Å². The van der Waals surface area contributed by atoms with Gasteiger partial charge in [0.2, 0.25) is 0 Å². The Balaban J connectivity index is 1.65. The van der Waals surface area contributed by atoms with Crippen molar-refractivity contribution < 1.29 is 4.79 Å². The maximum absolute atomic E-state index is 12.9. The van der Waals surface area contributed by atoms with Crippen molar-refractivity contribution in [3.05, 3.63) is 77.5 Å². The molecule has 2 aliphatic rings. The largest absolute Gasteiger partial charge is 0.321 e. The summed E-state index contributed by atoms with van der Waals surface area (Å²) in [7, 11) is 0. The van der Waals surface area contributed by atoms with Crippen LogP contribution in [0.2, 0.25) is 0 Å². The van der Waals surface area contributed by atoms with Gasteiger partial charge in [0.05, 0.1) is 11.4 Å². The number of hydrogen-bond acceptors (Lipinski definition) is 3. The summed E-state index contributed by atoms with van der Waals surface area (Å²) in [5.41, 5.74) is 13.3. The van der Waals surface area contributed by atoms with Crippen LogP contribution in [0.25, 0.3) is 22.4 Å². The van der Waals surface area contributed by atoms with Crippen LogP contribution in [0.15, 0.2) is 60.7 Å². The molecule has 1 heterocycles. The van der Waals surface area contributed by atoms with Gasteiger partial charge in [0.25, 0.3) is 0 Å². The van der Waals surface area contributed by atoms with Crippen molar-refractivity contribution in [2.45, 2.75) is 51.5 Å². The molecular weight excluding hydrogens is 368 g/mol. The molecule has 2 N–H and O–H groups in total. The number of Topliss-reactive ketones (excluding diaryl/α,β-unsaturated/α-hetero) is 1. The predicted octanol–water partition coefficient (Wildman–Crippen LogP) is 5.91. The molecule has 1 saturated carbocycles. The van der Waals surface area contributed by atoms with Crippen molar-refractivity contribution in [2.24, 2.45) is 11.1 Å². The molecule has 2 aromatic carbocycles. The standard InChI is InChI=1S/C27H28N2O/c1-26(2)16-23-22(24(30)17-26)15-21(18-7-4-3-5-8-18)25(29-23)19-9-11-20(12-10-19)27(28)13-6-14-27/h3-5,7-12,15H,6,13-14,16-17,28H2,1-2H3. The summed E-state index contributed by atoms with van der Waals surface area (Å²) in [5, 5.41) is 0. The van der Waals surface area contributed by atoms with Crippen molar-refractivity contribution in [3.63, 3.8) is 0 Å². The third-order valence-corrected chi connectivity index (χ3v) is 6.75. The van der Waals surface area contributed by atoms with E-state index in [1.807, 2.05) is 18.2 Å². The van der Waals surface area contributed by atoms with E-state index >= 15 is 0 Å². The SMILES string of the molecule is CC1(C)CC(=O)c2cc(-c3ccccc3)c(-c3ccc(C4(N)CCC4)cc3)nc2C1. The minimum absolute atomic E-state index is 0.0529. The third-order valence-electron chi connectivity index (χ3n) is 6.75. The summed E-state index contributed by atoms with van der Waals surface area (Å²) in [6, 6.07) is 20.9. The van der Waals surface area contributed by atoms with E-state index in [0.29, 0.717) is 6.42 Å². The Morgan fingerprint density at radius 1 is 0.867 bits per heavy atom. The van der Waals surface area contributed by atoms with Crippen LogP contribution in [0.1, 0.15) is 61.1 Å². The Morgan fingerprint density at radius 3 is 2.20 bits per heavy atom. The van der Waals surface area contributed by atoms with Gasteiger partial charge in [-0.05, 0) is 48.3 Å². The molecule has 0 atom stereocenters. The van der Waals surface area contributed by atoms with E-state index in [1.165, 1.54) is 12.0 Å². The molecule has 3 aromatic rings. The fourth-order valence-corrected chi connectivity index (χ4v) is 4.84. The van der Waals surface area contributed by atoms with Crippen molar-refractivity contribution >= 4 is 5.78 Å². The second kappa shape index (κ2) is 6.88. The Labute approximate surface area is 178 Å². The molecule has 0 aliphatic heterocycles. The lowest BCUT2D eigenvalue weighted by Gasteiger charge is -2.38. The van der Waals surface area contributed by atoms with Crippen LogP contribution in [0, 0.1) is 5.41 Å². The number of fused-ring (bicyclic) bond motifs is 1. The van der Waals surface area contributed by atoms with Gasteiger partial charge in [-0.3, -0.25) is 9.78 Å². The van der Waals surface area contributed by atoms with E-state index in [9.17, 15) is 4.79 Å². The van der Waals surface area contributed by atoms with Gasteiger partial charge in [0, 0.05) is 28.7 Å². The van der Waals surface area contributed by atoms with Crippen LogP contribution in [-0.2, 0) is 12.0 Å². The van der Waals surface area contributed by atoms with Crippen molar-refractivity contribution in [1.29, 1.82) is 0 Å². The normalized spacial score (nSPS) is 19.1. The highest BCUT2D eigenvalue weighted by Crippen LogP contribution is 2.41. The van der Waals surface area contributed by atoms with Gasteiger partial charge in [0.1, 0.15) is 0 Å². The summed E-state index contributed by atoms with van der Waals surface area (Å²) < 4.78 is 0. The second-order valence-electron chi connectivity index (χ2n) is 9.77. The van der Waals surface area contributed by atoms with Gasteiger partial charge in [0.15, 0.2) is 5.78 Å². The number of hydrogen-bond donors (Lipinski definition) is 1. The molecule has 0 amide bonds. The van der Waals surface area contributed by atoms with Crippen LogP contribution >= 0.6 is 0 Å². The zero-order valence-corrected chi connectivity index (χ0v) is 17.7. The highest BCUT2D eigenvalue weighted by Gasteiger charge is 2.35. The van der Waals surface area contributed by atoms with Gasteiger partial charge in [-0.15, -0.1) is 0 Å². The first kappa shape index (κ1) is 19.2. The zero-order valence-electron chi connectivity index (χ0n) is 17.7. The summed E-state index contributed by atoms with van der Waals surface area (Å²) in [6.45, 7) is 4.29. The van der Waals surface area contributed by atoms with E-state index in [1.54, 1.807) is 0 Å². The number of aromatic nitrogens is 1. The molecule has 1 fully saturated rings. The predicted molar refractivity (Wildman–Crippen MR) is 121 cm³/mol. The Hall–Kier alpha value is -2.78. The quantitative estimate of drug-likeness (QED) is 0.599. The minimum Gasteiger partial charge on any atom is -0.321 e. The maximum atomic E-state index is 12.9. The number of pyridine rings is 1. The van der Waals surface area contributed by atoms with Crippen LogP contribution in [0.4, 0.5) is 0 Å². The van der Waals surface area contributed by atoms with E-state index in [-0.39, 0.29) is 16.7 Å². The molecule has 5 rings (SSSR count). The molecule has 152 valence electrons. The van der Waals surface area contributed by atoms with E-state index < -0.39 is 0 Å². The summed E-state index contributed by atoms with van der Waals surface area (Å²) in [4.78, 5) is 18.0. The fraction of sp³-hybridized carbons (Fsp3) is 0.333. The van der Waals surface area contributed by atoms with Gasteiger partial charge in [-0.2, -0.15) is 0 Å². The number of carbonyl (C=O) groups is 1. The van der Waals surface area contributed by atoms with Crippen LogP contribution in [0.5, 0.6) is 0 Å². The van der Waals surface area contributed by atoms with E-state index in [4.69, 9.17) is 10.7 Å². The highest BCUT2D eigenvalue weighted by molar-refractivity contribution is 6.01. The lowest BCUT2D eigenvalue weighted by atomic mass is 9.72. The topological polar surface area (TPSA) is 56.0 Å². The molecule has 3 heteroatoms. The number of ketones is 1. The van der Waals surface area contributed by atoms with Crippen LogP contribution in [-0.4, -0.2) is 10.8 Å². The number of benzene rings is 2. The Morgan fingerprint density at radius 2 is 1.57 bits per heavy atom. The van der Waals surface area contributed by atoms with Crippen molar-refractivity contribution in [1.82, 2.24) is 4.98 Å². The summed E-state index contributed by atoms with van der Waals surface area (Å²) in [5.74, 6) is 0.197. The lowest BCUT2D eigenvalue weighted by molar-refractivity contribution is 0.0910. The summed E-state index contributed by atoms with van der Waals surface area (Å²) in [6.07, 6.45) is 4.70. The maximum Gasteiger partial charge on any atom is 0.165 e. The Bertz CT molecular complexity index is 1110. The summed E-state index contributed by atoms with van der Waals surface area (Å²) >= 11 is 0. The number of rotatable bonds is 3. The van der Waals surface area contributed by atoms with E-state index in [2.05, 4.69) is 56.3 Å². The molecular formula is C27H28N2O. The molecule has 0 spiro atoms.